The Labute approximate surface area is 327 Å². The average molecular weight is 791 g/mol. The first kappa shape index (κ1) is 43.3. The fourth-order valence-electron chi connectivity index (χ4n) is 6.99. The van der Waals surface area contributed by atoms with Crippen molar-refractivity contribution >= 4 is 52.3 Å². The number of rotatable bonds is 19. The number of carbonyl (C=O) groups is 5. The summed E-state index contributed by atoms with van der Waals surface area (Å²) in [4.78, 5) is 78.9. The Hall–Kier alpha value is -3.47. The van der Waals surface area contributed by atoms with E-state index in [2.05, 4.69) is 20.6 Å². The fourth-order valence-corrected chi connectivity index (χ4v) is 8.62. The van der Waals surface area contributed by atoms with Gasteiger partial charge in [-0.05, 0) is 57.4 Å². The molecule has 14 nitrogen and oxygen atoms in total. The summed E-state index contributed by atoms with van der Waals surface area (Å²) in [7, 11) is 4.96. The molecule has 1 aliphatic heterocycles. The molecule has 2 fully saturated rings. The number of morpholine rings is 1. The minimum atomic E-state index is -0.832. The number of aromatic nitrogens is 2. The van der Waals surface area contributed by atoms with Crippen LogP contribution in [0.5, 0.6) is 0 Å². The highest BCUT2D eigenvalue weighted by Gasteiger charge is 2.42. The topological polar surface area (TPSA) is 169 Å². The second kappa shape index (κ2) is 19.9. The maximum atomic E-state index is 14.3. The third-order valence-corrected chi connectivity index (χ3v) is 12.5. The monoisotopic (exact) mass is 790 g/mol. The van der Waals surface area contributed by atoms with Crippen molar-refractivity contribution in [2.75, 3.05) is 41.0 Å². The van der Waals surface area contributed by atoms with Crippen molar-refractivity contribution in [2.45, 2.75) is 110 Å². The van der Waals surface area contributed by atoms with Crippen LogP contribution in [0.15, 0.2) is 10.8 Å². The highest BCUT2D eigenvalue weighted by molar-refractivity contribution is 7.10. The van der Waals surface area contributed by atoms with Gasteiger partial charge in [0.25, 0.3) is 5.91 Å². The first-order valence-corrected chi connectivity index (χ1v) is 20.6. The van der Waals surface area contributed by atoms with Gasteiger partial charge in [-0.25, -0.2) is 9.97 Å². The van der Waals surface area contributed by atoms with E-state index in [9.17, 15) is 24.0 Å². The van der Waals surface area contributed by atoms with Gasteiger partial charge < -0.3 is 29.7 Å². The Morgan fingerprint density at radius 2 is 1.78 bits per heavy atom. The third kappa shape index (κ3) is 12.0. The highest BCUT2D eigenvalue weighted by atomic mass is 32.1. The summed E-state index contributed by atoms with van der Waals surface area (Å²) in [5.41, 5.74) is 1.10. The lowest BCUT2D eigenvalue weighted by Crippen LogP contribution is -2.59. The number of nitrogens with one attached hydrogen (secondary N) is 2. The first-order valence-electron chi connectivity index (χ1n) is 18.9. The van der Waals surface area contributed by atoms with Crippen LogP contribution in [0.25, 0.3) is 0 Å². The lowest BCUT2D eigenvalue weighted by atomic mass is 9.91. The van der Waals surface area contributed by atoms with Crippen LogP contribution in [0.3, 0.4) is 0 Å². The fraction of sp³-hybridized carbons (Fsp3) is 0.711. The van der Waals surface area contributed by atoms with Crippen LogP contribution in [0.2, 0.25) is 0 Å². The molecule has 3 amide bonds. The third-order valence-electron chi connectivity index (χ3n) is 10.5. The number of amides is 3. The number of aryl methyl sites for hydroxylation is 2. The van der Waals surface area contributed by atoms with Gasteiger partial charge in [0.05, 0.1) is 31.2 Å². The molecule has 2 N–H and O–H groups in total. The predicted molar refractivity (Wildman–Crippen MR) is 206 cm³/mol. The van der Waals surface area contributed by atoms with Gasteiger partial charge in [0.1, 0.15) is 22.8 Å². The molecule has 1 saturated carbocycles. The van der Waals surface area contributed by atoms with E-state index in [0.29, 0.717) is 43.3 Å². The van der Waals surface area contributed by atoms with Gasteiger partial charge in [-0.1, -0.05) is 27.7 Å². The molecule has 2 aromatic heterocycles. The van der Waals surface area contributed by atoms with Crippen molar-refractivity contribution in [3.05, 3.63) is 32.2 Å². The van der Waals surface area contributed by atoms with E-state index < -0.39 is 42.0 Å². The van der Waals surface area contributed by atoms with Crippen LogP contribution >= 0.6 is 22.7 Å². The number of esters is 2. The first-order chi connectivity index (χ1) is 25.6. The van der Waals surface area contributed by atoms with Crippen LogP contribution in [-0.4, -0.2) is 115 Å². The van der Waals surface area contributed by atoms with Crippen molar-refractivity contribution in [2.24, 2.45) is 23.7 Å². The van der Waals surface area contributed by atoms with E-state index in [1.54, 1.807) is 35.6 Å². The molecule has 3 heterocycles. The van der Waals surface area contributed by atoms with Crippen molar-refractivity contribution in [1.82, 2.24) is 30.4 Å². The maximum Gasteiger partial charge on any atom is 0.308 e. The van der Waals surface area contributed by atoms with Gasteiger partial charge in [-0.15, -0.1) is 22.7 Å². The number of methoxy groups -OCH3 is 1. The lowest BCUT2D eigenvalue weighted by Gasteiger charge is -2.38. The van der Waals surface area contributed by atoms with E-state index in [1.165, 1.54) is 25.4 Å². The van der Waals surface area contributed by atoms with Gasteiger partial charge in [0, 0.05) is 61.9 Å². The molecule has 4 rings (SSSR count). The van der Waals surface area contributed by atoms with Crippen molar-refractivity contribution < 1.29 is 38.2 Å². The minimum Gasteiger partial charge on any atom is -0.469 e. The average Bonchev–Trinajstić information content (AvgIpc) is 3.71. The van der Waals surface area contributed by atoms with Crippen LogP contribution in [0.4, 0.5) is 0 Å². The standard InChI is InChI=1S/C38H58N6O8S2/c1-21(2)29(44(8)37(48)33(24(5)26-10-11-26)42-35(47)30-18-51-15-14-43(30)7)17-31(52-25(6)45)36-41-28(20-54-36)34(46)40-27(16-22(3)38(49)50-9)12-13-32-39-23(4)19-53-32/h19-22,24,26-27,29-31,33H,10-18H2,1-9H3,(H,40,46)(H,42,47)/t22-,24-,27-,29+,30+,31+,33-/m0/s1. The summed E-state index contributed by atoms with van der Waals surface area (Å²) in [5.74, 6) is -1.93. The Kier molecular flexibility index (Phi) is 16.0. The largest absolute Gasteiger partial charge is 0.469 e. The number of hydrogen-bond donors (Lipinski definition) is 2. The smallest absolute Gasteiger partial charge is 0.308 e. The van der Waals surface area contributed by atoms with Crippen molar-refractivity contribution in [1.29, 1.82) is 0 Å². The Morgan fingerprint density at radius 1 is 1.06 bits per heavy atom. The molecule has 300 valence electrons. The molecule has 1 aliphatic carbocycles. The zero-order valence-corrected chi connectivity index (χ0v) is 34.7. The Bertz CT molecular complexity index is 1590. The second-order valence-corrected chi connectivity index (χ2v) is 17.0. The van der Waals surface area contributed by atoms with E-state index in [4.69, 9.17) is 14.2 Å². The van der Waals surface area contributed by atoms with Gasteiger partial charge in [0.2, 0.25) is 11.8 Å². The molecule has 2 aliphatic rings. The zero-order valence-electron chi connectivity index (χ0n) is 33.1. The molecule has 0 radical (unpaired) electrons. The van der Waals surface area contributed by atoms with Gasteiger partial charge >= 0.3 is 11.9 Å². The molecule has 0 aromatic carbocycles. The molecule has 2 aromatic rings. The summed E-state index contributed by atoms with van der Waals surface area (Å²) in [6, 6.07) is -1.96. The van der Waals surface area contributed by atoms with Gasteiger partial charge in [0.15, 0.2) is 6.10 Å². The quantitative estimate of drug-likeness (QED) is 0.196. The molecule has 1 saturated heterocycles. The number of hydrogen-bond acceptors (Lipinski definition) is 13. The molecular formula is C38H58N6O8S2. The van der Waals surface area contributed by atoms with Gasteiger partial charge in [-0.3, -0.25) is 28.9 Å². The number of ether oxygens (including phenoxy) is 3. The molecule has 7 atom stereocenters. The Morgan fingerprint density at radius 3 is 2.37 bits per heavy atom. The van der Waals surface area contributed by atoms with Crippen molar-refractivity contribution in [3.8, 4) is 0 Å². The van der Waals surface area contributed by atoms with Crippen LogP contribution < -0.4 is 10.6 Å². The number of thiazole rings is 2. The number of nitrogens with zero attached hydrogens (tertiary/aromatic N) is 4. The normalized spacial score (nSPS) is 19.6. The molecule has 54 heavy (non-hydrogen) atoms. The summed E-state index contributed by atoms with van der Waals surface area (Å²) < 4.78 is 16.3. The summed E-state index contributed by atoms with van der Waals surface area (Å²) in [6.45, 7) is 12.5. The SMILES string of the molecule is COC(=O)[C@@H](C)C[C@H](CCc1nc(C)cs1)NC(=O)c1csc([C@@H](C[C@H](C(C)C)N(C)C(=O)[C@@H](NC(=O)[C@H]2COCCN2C)[C@@H](C)C2CC2)OC(C)=O)n1. The minimum absolute atomic E-state index is 0.0515. The maximum absolute atomic E-state index is 14.3. The molecule has 0 bridgehead atoms. The summed E-state index contributed by atoms with van der Waals surface area (Å²) in [5, 5.41) is 11.1. The lowest BCUT2D eigenvalue weighted by molar-refractivity contribution is -0.149. The van der Waals surface area contributed by atoms with E-state index in [1.807, 2.05) is 45.0 Å². The molecular weight excluding hydrogens is 733 g/mol. The summed E-state index contributed by atoms with van der Waals surface area (Å²) >= 11 is 2.76. The molecule has 16 heteroatoms. The Balaban J connectivity index is 1.50. The number of likely N-dealkylation sites (N-methyl/N-ethyl adjacent to an activating group) is 2. The van der Waals surface area contributed by atoms with E-state index in [-0.39, 0.29) is 54.4 Å². The van der Waals surface area contributed by atoms with E-state index >= 15 is 0 Å². The van der Waals surface area contributed by atoms with Crippen LogP contribution in [-0.2, 0) is 39.8 Å². The molecule has 0 unspecified atom stereocenters. The van der Waals surface area contributed by atoms with Crippen molar-refractivity contribution in [3.63, 3.8) is 0 Å². The highest BCUT2D eigenvalue weighted by Crippen LogP contribution is 2.39. The van der Waals surface area contributed by atoms with E-state index in [0.717, 1.165) is 23.5 Å². The van der Waals surface area contributed by atoms with Crippen LogP contribution in [0, 0.1) is 30.6 Å². The summed E-state index contributed by atoms with van der Waals surface area (Å²) in [6.07, 6.45) is 2.99. The zero-order chi connectivity index (χ0) is 39.7. The number of carbonyl (C=O) groups excluding carboxylic acids is 5. The predicted octanol–water partition coefficient (Wildman–Crippen LogP) is 4.18. The van der Waals surface area contributed by atoms with Gasteiger partial charge in [-0.2, -0.15) is 0 Å². The second-order valence-electron chi connectivity index (χ2n) is 15.2. The van der Waals surface area contributed by atoms with Crippen LogP contribution in [0.1, 0.15) is 99.0 Å². The molecule has 0 spiro atoms.